The second kappa shape index (κ2) is 5.72. The van der Waals surface area contributed by atoms with Crippen LogP contribution in [0.3, 0.4) is 0 Å². The fraction of sp³-hybridized carbons (Fsp3) is 0.478. The van der Waals surface area contributed by atoms with E-state index in [1.54, 1.807) is 25.1 Å². The fourth-order valence-electron chi connectivity index (χ4n) is 5.35. The van der Waals surface area contributed by atoms with Crippen molar-refractivity contribution in [2.24, 2.45) is 22.2 Å². The predicted molar refractivity (Wildman–Crippen MR) is 107 cm³/mol. The van der Waals surface area contributed by atoms with Gasteiger partial charge in [0.2, 0.25) is 5.91 Å². The van der Waals surface area contributed by atoms with E-state index < -0.39 is 11.4 Å². The van der Waals surface area contributed by atoms with Gasteiger partial charge in [0.05, 0.1) is 0 Å². The molecule has 2 unspecified atom stereocenters. The van der Waals surface area contributed by atoms with Gasteiger partial charge in [0.25, 0.3) is 0 Å². The van der Waals surface area contributed by atoms with Crippen LogP contribution in [0.1, 0.15) is 53.0 Å². The lowest BCUT2D eigenvalue weighted by Crippen LogP contribution is -2.35. The van der Waals surface area contributed by atoms with Crippen LogP contribution >= 0.6 is 0 Å². The Kier molecular flexibility index (Phi) is 3.84. The van der Waals surface area contributed by atoms with E-state index in [4.69, 9.17) is 4.74 Å². The predicted octanol–water partition coefficient (Wildman–Crippen LogP) is 4.82. The van der Waals surface area contributed by atoms with Gasteiger partial charge < -0.3 is 15.2 Å². The second-order valence-corrected chi connectivity index (χ2v) is 9.26. The summed E-state index contributed by atoms with van der Waals surface area (Å²) in [5.74, 6) is 0.659. The lowest BCUT2D eigenvalue weighted by Gasteiger charge is -2.38. The summed E-state index contributed by atoms with van der Waals surface area (Å²) in [6.45, 7) is 9.93. The van der Waals surface area contributed by atoms with E-state index in [1.165, 1.54) is 6.92 Å². The van der Waals surface area contributed by atoms with Crippen LogP contribution in [0.15, 0.2) is 41.7 Å². The van der Waals surface area contributed by atoms with Crippen LogP contribution in [0.5, 0.6) is 0 Å². The van der Waals surface area contributed by atoms with E-state index in [-0.39, 0.29) is 22.7 Å². The zero-order valence-electron chi connectivity index (χ0n) is 17.1. The number of aliphatic carboxylic acids is 1. The molecule has 1 aliphatic heterocycles. The first-order chi connectivity index (χ1) is 13.0. The minimum atomic E-state index is -1.08. The molecule has 3 aliphatic rings. The highest BCUT2D eigenvalue weighted by atomic mass is 16.5. The summed E-state index contributed by atoms with van der Waals surface area (Å²) in [7, 11) is 0. The van der Waals surface area contributed by atoms with Gasteiger partial charge in [0, 0.05) is 23.6 Å². The molecule has 1 aromatic carbocycles. The van der Waals surface area contributed by atoms with Crippen LogP contribution in [0.25, 0.3) is 5.76 Å². The van der Waals surface area contributed by atoms with Crippen LogP contribution in [-0.4, -0.2) is 17.0 Å². The van der Waals surface area contributed by atoms with Gasteiger partial charge in [0.1, 0.15) is 16.9 Å². The van der Waals surface area contributed by atoms with E-state index in [2.05, 4.69) is 26.1 Å². The first-order valence-corrected chi connectivity index (χ1v) is 9.78. The Morgan fingerprint density at radius 1 is 1.14 bits per heavy atom. The summed E-state index contributed by atoms with van der Waals surface area (Å²) >= 11 is 0. The van der Waals surface area contributed by atoms with Gasteiger partial charge >= 0.3 is 5.97 Å². The molecule has 4 rings (SSSR count). The average molecular weight is 381 g/mol. The van der Waals surface area contributed by atoms with E-state index in [0.29, 0.717) is 11.4 Å². The van der Waals surface area contributed by atoms with Crippen LogP contribution in [0, 0.1) is 22.2 Å². The van der Waals surface area contributed by atoms with Crippen molar-refractivity contribution in [1.29, 1.82) is 0 Å². The number of carbonyl (C=O) groups is 2. The van der Waals surface area contributed by atoms with Crippen molar-refractivity contribution < 1.29 is 19.4 Å². The molecule has 1 fully saturated rings. The normalized spacial score (nSPS) is 32.5. The summed E-state index contributed by atoms with van der Waals surface area (Å²) < 4.78 is 6.43. The number of ether oxygens (including phenoxy) is 1. The molecule has 2 N–H and O–H groups in total. The minimum Gasteiger partial charge on any atom is -0.480 e. The van der Waals surface area contributed by atoms with Crippen LogP contribution in [-0.2, 0) is 14.3 Å². The van der Waals surface area contributed by atoms with Crippen molar-refractivity contribution in [1.82, 2.24) is 0 Å². The number of hydrogen-bond acceptors (Lipinski definition) is 3. The number of allylic oxidation sites excluding steroid dienone is 1. The van der Waals surface area contributed by atoms with Gasteiger partial charge in [-0.2, -0.15) is 0 Å². The third kappa shape index (κ3) is 2.31. The largest absolute Gasteiger partial charge is 0.480 e. The molecule has 5 heteroatoms. The number of amides is 1. The van der Waals surface area contributed by atoms with Gasteiger partial charge in [-0.05, 0) is 67.0 Å². The molecule has 1 amide bonds. The molecule has 3 atom stereocenters. The van der Waals surface area contributed by atoms with E-state index in [0.717, 1.165) is 29.7 Å². The molecule has 2 bridgehead atoms. The number of anilines is 1. The number of carboxylic acid groups (broad SMARTS) is 1. The maximum Gasteiger partial charge on any atom is 0.317 e. The summed E-state index contributed by atoms with van der Waals surface area (Å²) in [6.07, 6.45) is 3.76. The highest BCUT2D eigenvalue weighted by Crippen LogP contribution is 2.72. The van der Waals surface area contributed by atoms with Crippen molar-refractivity contribution in [3.8, 4) is 0 Å². The Hall–Kier alpha value is -2.56. The quantitative estimate of drug-likeness (QED) is 0.787. The third-order valence-electron chi connectivity index (χ3n) is 7.45. The van der Waals surface area contributed by atoms with Crippen molar-refractivity contribution in [2.75, 3.05) is 5.32 Å². The lowest BCUT2D eigenvalue weighted by atomic mass is 9.68. The monoisotopic (exact) mass is 381 g/mol. The SMILES string of the molecule is CC(=O)Nc1ccc(C2=C[C@](C)(C(=O)O)C3=C(O2)C2(C)CCC3C2(C)C)cc1. The minimum absolute atomic E-state index is 0.0348. The Balaban J connectivity index is 1.78. The van der Waals surface area contributed by atoms with Gasteiger partial charge in [0.15, 0.2) is 0 Å². The van der Waals surface area contributed by atoms with Crippen LogP contribution in [0.4, 0.5) is 5.69 Å². The molecule has 0 radical (unpaired) electrons. The first-order valence-electron chi connectivity index (χ1n) is 9.78. The van der Waals surface area contributed by atoms with Crippen LogP contribution in [0.2, 0.25) is 0 Å². The van der Waals surface area contributed by atoms with Crippen molar-refractivity contribution in [2.45, 2.75) is 47.5 Å². The highest BCUT2D eigenvalue weighted by Gasteiger charge is 2.66. The summed E-state index contributed by atoms with van der Waals surface area (Å²) in [6, 6.07) is 7.31. The molecule has 5 nitrogen and oxygen atoms in total. The number of hydrogen-bond donors (Lipinski definition) is 2. The van der Waals surface area contributed by atoms with E-state index in [1.807, 2.05) is 12.1 Å². The lowest BCUT2D eigenvalue weighted by molar-refractivity contribution is -0.144. The number of carbonyl (C=O) groups excluding carboxylic acids is 1. The fourth-order valence-corrected chi connectivity index (χ4v) is 5.35. The molecule has 0 saturated heterocycles. The molecule has 0 spiro atoms. The number of fused-ring (bicyclic) bond motifs is 4. The first kappa shape index (κ1) is 18.8. The standard InChI is InChI=1S/C23H27NO4/c1-13(25)24-15-8-6-14(7-9-15)17-12-22(4,20(26)27)18-16-10-11-23(5,19(18)28-17)21(16,2)3/h6-9,12,16H,10-11H2,1-5H3,(H,24,25)(H,26,27)/t16?,22-,23?/m0/s1. The summed E-state index contributed by atoms with van der Waals surface area (Å²) in [4.78, 5) is 23.6. The molecule has 1 saturated carbocycles. The molecule has 0 aromatic heterocycles. The smallest absolute Gasteiger partial charge is 0.317 e. The highest BCUT2D eigenvalue weighted by molar-refractivity contribution is 5.89. The van der Waals surface area contributed by atoms with Crippen molar-refractivity contribution in [3.05, 3.63) is 47.2 Å². The Bertz CT molecular complexity index is 940. The maximum atomic E-state index is 12.4. The van der Waals surface area contributed by atoms with Crippen LogP contribution < -0.4 is 5.32 Å². The van der Waals surface area contributed by atoms with E-state index in [9.17, 15) is 14.7 Å². The zero-order chi connectivity index (χ0) is 20.5. The summed E-state index contributed by atoms with van der Waals surface area (Å²) in [5.41, 5.74) is 1.15. The Morgan fingerprint density at radius 3 is 2.36 bits per heavy atom. The van der Waals surface area contributed by atoms with Gasteiger partial charge in [-0.25, -0.2) is 0 Å². The maximum absolute atomic E-state index is 12.4. The molecule has 2 aliphatic carbocycles. The molecular formula is C23H27NO4. The number of carboxylic acids is 1. The van der Waals surface area contributed by atoms with Gasteiger partial charge in [-0.3, -0.25) is 9.59 Å². The molecule has 1 heterocycles. The second-order valence-electron chi connectivity index (χ2n) is 9.26. The average Bonchev–Trinajstić information content (AvgIpc) is 2.94. The molecular weight excluding hydrogens is 354 g/mol. The van der Waals surface area contributed by atoms with Crippen molar-refractivity contribution in [3.63, 3.8) is 0 Å². The molecule has 28 heavy (non-hydrogen) atoms. The Labute approximate surface area is 165 Å². The molecule has 1 aromatic rings. The number of benzene rings is 1. The zero-order valence-corrected chi connectivity index (χ0v) is 17.1. The number of nitrogens with one attached hydrogen (secondary N) is 1. The Morgan fingerprint density at radius 2 is 1.79 bits per heavy atom. The topological polar surface area (TPSA) is 75.6 Å². The van der Waals surface area contributed by atoms with Gasteiger partial charge in [-0.15, -0.1) is 0 Å². The van der Waals surface area contributed by atoms with E-state index >= 15 is 0 Å². The van der Waals surface area contributed by atoms with Gasteiger partial charge in [-0.1, -0.05) is 20.8 Å². The summed E-state index contributed by atoms with van der Waals surface area (Å²) in [5, 5.41) is 12.9. The number of rotatable bonds is 3. The van der Waals surface area contributed by atoms with Crippen molar-refractivity contribution >= 4 is 23.3 Å². The third-order valence-corrected chi connectivity index (χ3v) is 7.45. The molecule has 148 valence electrons.